The first-order valence-electron chi connectivity index (χ1n) is 7.24. The first-order valence-corrected chi connectivity index (χ1v) is 9.07. The summed E-state index contributed by atoms with van der Waals surface area (Å²) in [5, 5.41) is 13.2. The highest BCUT2D eigenvalue weighted by Gasteiger charge is 2.39. The predicted molar refractivity (Wildman–Crippen MR) is 106 cm³/mol. The molecule has 3 aromatic rings. The zero-order valence-electron chi connectivity index (χ0n) is 13.2. The Morgan fingerprint density at radius 2 is 1.74 bits per heavy atom. The van der Waals surface area contributed by atoms with Gasteiger partial charge in [0.15, 0.2) is 5.69 Å². The van der Waals surface area contributed by atoms with Crippen LogP contribution in [0.15, 0.2) is 36.4 Å². The smallest absolute Gasteiger partial charge is 0.383 e. The van der Waals surface area contributed by atoms with Crippen molar-refractivity contribution >= 4 is 51.6 Å². The van der Waals surface area contributed by atoms with Gasteiger partial charge in [0.25, 0.3) is 0 Å². The molecule has 1 aromatic heterocycles. The molecular formula is C17H8Cl2F3IN4. The number of nitrogens with zero attached hydrogens (tertiary/aromatic N) is 3. The molecule has 0 radical (unpaired) electrons. The second-order valence-corrected chi connectivity index (χ2v) is 7.49. The molecule has 2 aromatic carbocycles. The summed E-state index contributed by atoms with van der Waals surface area (Å²) in [5.41, 5.74) is 5.14. The number of nitriles is 1. The monoisotopic (exact) mass is 522 g/mol. The number of hydrogen-bond donors (Lipinski definition) is 1. The maximum atomic E-state index is 13.6. The Kier molecular flexibility index (Phi) is 5.29. The summed E-state index contributed by atoms with van der Waals surface area (Å²) in [5.74, 6) is -0.245. The molecule has 10 heteroatoms. The van der Waals surface area contributed by atoms with Gasteiger partial charge in [0.05, 0.1) is 16.8 Å². The molecule has 0 saturated carbocycles. The van der Waals surface area contributed by atoms with Crippen molar-refractivity contribution < 1.29 is 13.2 Å². The average molecular weight is 523 g/mol. The number of rotatable bonds is 2. The number of nitrogen functional groups attached to an aromatic ring is 1. The average Bonchev–Trinajstić information content (AvgIpc) is 2.92. The van der Waals surface area contributed by atoms with Gasteiger partial charge in [-0.2, -0.15) is 23.5 Å². The van der Waals surface area contributed by atoms with Gasteiger partial charge >= 0.3 is 6.18 Å². The maximum absolute atomic E-state index is 13.6. The van der Waals surface area contributed by atoms with Crippen molar-refractivity contribution in [2.24, 2.45) is 0 Å². The van der Waals surface area contributed by atoms with Crippen molar-refractivity contribution in [2.45, 2.75) is 6.18 Å². The van der Waals surface area contributed by atoms with Crippen molar-refractivity contribution in [1.29, 1.82) is 5.26 Å². The Hall–Kier alpha value is -1.96. The van der Waals surface area contributed by atoms with E-state index in [2.05, 4.69) is 5.10 Å². The van der Waals surface area contributed by atoms with Gasteiger partial charge in [0.2, 0.25) is 0 Å². The van der Waals surface area contributed by atoms with Crippen LogP contribution in [0.2, 0.25) is 10.0 Å². The van der Waals surface area contributed by atoms with E-state index in [-0.39, 0.29) is 32.7 Å². The molecule has 0 bridgehead atoms. The number of benzene rings is 2. The molecule has 0 aliphatic heterocycles. The second kappa shape index (κ2) is 7.22. The van der Waals surface area contributed by atoms with Crippen LogP contribution in [-0.2, 0) is 6.18 Å². The number of alkyl halides is 3. The molecule has 0 fully saturated rings. The third kappa shape index (κ3) is 3.85. The molecule has 0 atom stereocenters. The van der Waals surface area contributed by atoms with E-state index in [0.717, 1.165) is 4.68 Å². The normalized spacial score (nSPS) is 11.4. The lowest BCUT2D eigenvalue weighted by atomic mass is 10.1. The molecule has 138 valence electrons. The minimum absolute atomic E-state index is 0.0922. The summed E-state index contributed by atoms with van der Waals surface area (Å²) in [7, 11) is 0. The maximum Gasteiger partial charge on any atom is 0.435 e. The molecule has 1 heterocycles. The summed E-state index contributed by atoms with van der Waals surface area (Å²) < 4.78 is 42.4. The summed E-state index contributed by atoms with van der Waals surface area (Å²) in [6.45, 7) is 0. The molecule has 27 heavy (non-hydrogen) atoms. The van der Waals surface area contributed by atoms with Gasteiger partial charge in [0, 0.05) is 13.6 Å². The number of anilines is 1. The molecule has 4 nitrogen and oxygen atoms in total. The molecule has 0 saturated heterocycles. The third-order valence-electron chi connectivity index (χ3n) is 3.66. The van der Waals surface area contributed by atoms with Crippen LogP contribution in [0.3, 0.4) is 0 Å². The molecule has 0 amide bonds. The second-order valence-electron chi connectivity index (χ2n) is 5.45. The van der Waals surface area contributed by atoms with Crippen LogP contribution < -0.4 is 5.73 Å². The van der Waals surface area contributed by atoms with E-state index in [0.29, 0.717) is 9.13 Å². The quantitative estimate of drug-likeness (QED) is 0.424. The topological polar surface area (TPSA) is 67.6 Å². The molecule has 0 unspecified atom stereocenters. The Bertz CT molecular complexity index is 1070. The lowest BCUT2D eigenvalue weighted by Gasteiger charge is -2.08. The lowest BCUT2D eigenvalue weighted by molar-refractivity contribution is -0.140. The van der Waals surface area contributed by atoms with Crippen LogP contribution in [-0.4, -0.2) is 9.78 Å². The van der Waals surface area contributed by atoms with E-state index >= 15 is 0 Å². The van der Waals surface area contributed by atoms with Crippen LogP contribution in [0.25, 0.3) is 16.8 Å². The fourth-order valence-corrected chi connectivity index (χ4v) is 3.52. The largest absolute Gasteiger partial charge is 0.435 e. The Morgan fingerprint density at radius 3 is 2.30 bits per heavy atom. The highest BCUT2D eigenvalue weighted by atomic mass is 127. The van der Waals surface area contributed by atoms with E-state index in [1.165, 1.54) is 30.3 Å². The number of halogens is 6. The third-order valence-corrected chi connectivity index (χ3v) is 5.03. The van der Waals surface area contributed by atoms with Gasteiger partial charge in [-0.05, 0) is 64.6 Å². The van der Waals surface area contributed by atoms with Gasteiger partial charge in [-0.25, -0.2) is 4.68 Å². The van der Waals surface area contributed by atoms with Crippen LogP contribution >= 0.6 is 45.8 Å². The summed E-state index contributed by atoms with van der Waals surface area (Å²) >= 11 is 13.8. The molecule has 0 aliphatic carbocycles. The SMILES string of the molecule is N#Cc1cc(-n2nc(C(F)(F)F)c(-c3cc(Cl)cc(Cl)c3)c2N)ccc1I. The van der Waals surface area contributed by atoms with Crippen molar-refractivity contribution in [1.82, 2.24) is 9.78 Å². The predicted octanol–water partition coefficient (Wildman–Crippen LogP) is 5.92. The van der Waals surface area contributed by atoms with Gasteiger partial charge < -0.3 is 5.73 Å². The summed E-state index contributed by atoms with van der Waals surface area (Å²) in [4.78, 5) is 0. The minimum Gasteiger partial charge on any atom is -0.383 e. The van der Waals surface area contributed by atoms with Crippen molar-refractivity contribution in [2.75, 3.05) is 5.73 Å². The van der Waals surface area contributed by atoms with E-state index in [1.807, 2.05) is 28.7 Å². The Balaban J connectivity index is 2.31. The Morgan fingerprint density at radius 1 is 1.11 bits per heavy atom. The van der Waals surface area contributed by atoms with Crippen LogP contribution in [0.5, 0.6) is 0 Å². The summed E-state index contributed by atoms with van der Waals surface area (Å²) in [6, 6.07) is 10.6. The standard InChI is InChI=1S/C17H8Cl2F3IN4/c18-10-3-8(4-11(19)6-10)14-15(17(20,21)22)26-27(16(14)25)12-1-2-13(23)9(5-12)7-24/h1-6H,25H2. The highest BCUT2D eigenvalue weighted by molar-refractivity contribution is 14.1. The van der Waals surface area contributed by atoms with Crippen LogP contribution in [0, 0.1) is 14.9 Å². The minimum atomic E-state index is -4.76. The van der Waals surface area contributed by atoms with E-state index < -0.39 is 11.9 Å². The fourth-order valence-electron chi connectivity index (χ4n) is 2.54. The van der Waals surface area contributed by atoms with Crippen LogP contribution in [0.1, 0.15) is 11.3 Å². The van der Waals surface area contributed by atoms with Gasteiger partial charge in [-0.1, -0.05) is 23.2 Å². The first kappa shape index (κ1) is 19.8. The van der Waals surface area contributed by atoms with E-state index in [4.69, 9.17) is 34.2 Å². The van der Waals surface area contributed by atoms with Gasteiger partial charge in [0.1, 0.15) is 11.9 Å². The van der Waals surface area contributed by atoms with Gasteiger partial charge in [-0.15, -0.1) is 0 Å². The van der Waals surface area contributed by atoms with Gasteiger partial charge in [-0.3, -0.25) is 0 Å². The summed E-state index contributed by atoms with van der Waals surface area (Å²) in [6.07, 6.45) is -4.76. The Labute approximate surface area is 175 Å². The van der Waals surface area contributed by atoms with Crippen LogP contribution in [0.4, 0.5) is 19.0 Å². The molecule has 3 rings (SSSR count). The molecule has 0 aliphatic rings. The number of hydrogen-bond acceptors (Lipinski definition) is 3. The fraction of sp³-hybridized carbons (Fsp3) is 0.0588. The van der Waals surface area contributed by atoms with E-state index in [9.17, 15) is 13.2 Å². The number of nitrogens with two attached hydrogens (primary N) is 1. The zero-order chi connectivity index (χ0) is 19.9. The lowest BCUT2D eigenvalue weighted by Crippen LogP contribution is -2.08. The molecular weight excluding hydrogens is 515 g/mol. The van der Waals surface area contributed by atoms with E-state index in [1.54, 1.807) is 6.07 Å². The van der Waals surface area contributed by atoms with Crippen molar-refractivity contribution in [3.05, 3.63) is 61.3 Å². The number of aromatic nitrogens is 2. The zero-order valence-corrected chi connectivity index (χ0v) is 16.8. The first-order chi connectivity index (χ1) is 12.6. The van der Waals surface area contributed by atoms with Crippen molar-refractivity contribution in [3.63, 3.8) is 0 Å². The molecule has 0 spiro atoms. The van der Waals surface area contributed by atoms with Crippen molar-refractivity contribution in [3.8, 4) is 22.9 Å². The molecule has 2 N–H and O–H groups in total. The highest BCUT2D eigenvalue weighted by Crippen LogP contribution is 2.42.